The number of nitrogens with one attached hydrogen (secondary N) is 3. The minimum Gasteiger partial charge on any atom is -0.343 e. The molecular formula is C19H38N4O3. The number of likely N-dealkylation sites (N-methyl/N-ethyl adjacent to an activating group) is 1. The second-order valence-corrected chi connectivity index (χ2v) is 8.38. The quantitative estimate of drug-likeness (QED) is 0.536. The Bertz CT molecular complexity index is 464. The van der Waals surface area contributed by atoms with Crippen LogP contribution in [0.5, 0.6) is 0 Å². The third-order valence-electron chi connectivity index (χ3n) is 5.06. The Balaban J connectivity index is 3.02. The van der Waals surface area contributed by atoms with Crippen molar-refractivity contribution in [2.45, 2.75) is 66.2 Å². The Kier molecular flexibility index (Phi) is 9.00. The number of carbonyl (C=O) groups is 2. The number of rotatable bonds is 9. The minimum atomic E-state index is -0.594. The lowest BCUT2D eigenvalue weighted by Gasteiger charge is -2.36. The number of carbonyl (C=O) groups excluding carboxylic acids is 2. The van der Waals surface area contributed by atoms with E-state index in [1.165, 1.54) is 0 Å². The van der Waals surface area contributed by atoms with E-state index in [0.29, 0.717) is 18.4 Å². The molecule has 1 aliphatic heterocycles. The summed E-state index contributed by atoms with van der Waals surface area (Å²) in [5.41, 5.74) is 2.38. The van der Waals surface area contributed by atoms with Crippen molar-refractivity contribution in [3.8, 4) is 0 Å². The van der Waals surface area contributed by atoms with E-state index in [0.717, 1.165) is 19.3 Å². The van der Waals surface area contributed by atoms with Gasteiger partial charge in [-0.15, -0.1) is 0 Å². The van der Waals surface area contributed by atoms with Crippen LogP contribution in [0.3, 0.4) is 0 Å². The maximum absolute atomic E-state index is 13.4. The van der Waals surface area contributed by atoms with Crippen LogP contribution in [0.15, 0.2) is 0 Å². The van der Waals surface area contributed by atoms with Gasteiger partial charge < -0.3 is 15.5 Å². The van der Waals surface area contributed by atoms with E-state index in [2.05, 4.69) is 30.0 Å². The van der Waals surface area contributed by atoms with Crippen LogP contribution in [-0.2, 0) is 14.4 Å². The van der Waals surface area contributed by atoms with Gasteiger partial charge in [0.05, 0.1) is 6.54 Å². The van der Waals surface area contributed by atoms with Gasteiger partial charge in [-0.2, -0.15) is 0 Å². The van der Waals surface area contributed by atoms with E-state index >= 15 is 0 Å². The Morgan fingerprint density at radius 2 is 1.92 bits per heavy atom. The lowest BCUT2D eigenvalue weighted by Crippen LogP contribution is -2.57. The Labute approximate surface area is 158 Å². The van der Waals surface area contributed by atoms with Crippen LogP contribution in [0.4, 0.5) is 0 Å². The van der Waals surface area contributed by atoms with Gasteiger partial charge in [0.1, 0.15) is 6.04 Å². The minimum absolute atomic E-state index is 0.0759. The molecule has 1 rings (SSSR count). The molecule has 3 unspecified atom stereocenters. The van der Waals surface area contributed by atoms with Gasteiger partial charge in [0.2, 0.25) is 11.8 Å². The number of hydrogen-bond acceptors (Lipinski definition) is 5. The summed E-state index contributed by atoms with van der Waals surface area (Å²) in [4.78, 5) is 33.0. The van der Waals surface area contributed by atoms with Gasteiger partial charge in [0.25, 0.3) is 0 Å². The van der Waals surface area contributed by atoms with E-state index in [1.807, 2.05) is 20.8 Å². The first-order chi connectivity index (χ1) is 12.2. The van der Waals surface area contributed by atoms with Crippen LogP contribution >= 0.6 is 0 Å². The zero-order valence-electron chi connectivity index (χ0n) is 17.5. The largest absolute Gasteiger partial charge is 0.343 e. The fourth-order valence-corrected chi connectivity index (χ4v) is 3.60. The summed E-state index contributed by atoms with van der Waals surface area (Å²) < 4.78 is 0. The lowest BCUT2D eigenvalue weighted by atomic mass is 9.85. The fraction of sp³-hybridized carbons (Fsp3) is 0.895. The highest BCUT2D eigenvalue weighted by molar-refractivity contribution is 5.89. The number of nitrogens with zero attached hydrogens (tertiary/aromatic N) is 1. The highest BCUT2D eigenvalue weighted by atomic mass is 16.7. The van der Waals surface area contributed by atoms with Gasteiger partial charge >= 0.3 is 0 Å². The van der Waals surface area contributed by atoms with Crippen molar-refractivity contribution in [3.63, 3.8) is 0 Å². The molecule has 3 N–H and O–H groups in total. The number of hydrogen-bond donors (Lipinski definition) is 3. The molecule has 0 aromatic rings. The topological polar surface area (TPSA) is 82.7 Å². The van der Waals surface area contributed by atoms with E-state index < -0.39 is 11.5 Å². The molecule has 7 nitrogen and oxygen atoms in total. The SMILES string of the molecule is CCCC[C@H]1C(C)CN(C(=O)C(NC(=O)CNC)C(C)(C)C)C1ONC. The monoisotopic (exact) mass is 370 g/mol. The number of hydroxylamine groups is 1. The first-order valence-corrected chi connectivity index (χ1v) is 9.74. The molecule has 0 spiro atoms. The second-order valence-electron chi connectivity index (χ2n) is 8.38. The van der Waals surface area contributed by atoms with Crippen molar-refractivity contribution in [2.75, 3.05) is 27.2 Å². The normalized spacial score (nSPS) is 24.6. The van der Waals surface area contributed by atoms with Crippen molar-refractivity contribution in [3.05, 3.63) is 0 Å². The van der Waals surface area contributed by atoms with Crippen LogP contribution in [-0.4, -0.2) is 56.2 Å². The van der Waals surface area contributed by atoms with Gasteiger partial charge in [-0.1, -0.05) is 47.5 Å². The molecule has 0 bridgehead atoms. The smallest absolute Gasteiger partial charge is 0.247 e. The van der Waals surface area contributed by atoms with Crippen LogP contribution in [0.25, 0.3) is 0 Å². The van der Waals surface area contributed by atoms with Crippen molar-refractivity contribution in [2.24, 2.45) is 17.3 Å². The highest BCUT2D eigenvalue weighted by Gasteiger charge is 2.46. The molecule has 7 heteroatoms. The summed E-state index contributed by atoms with van der Waals surface area (Å²) in [6.45, 7) is 11.1. The Morgan fingerprint density at radius 3 is 2.42 bits per heavy atom. The van der Waals surface area contributed by atoms with Crippen LogP contribution in [0.1, 0.15) is 53.9 Å². The standard InChI is InChI=1S/C19H38N4O3/c1-8-9-10-14-13(2)12-23(18(14)26-21-7)17(25)16(19(3,4)5)22-15(24)11-20-6/h13-14,16,18,20-21H,8-12H2,1-7H3,(H,22,24)/t13?,14-,16?,18?/m0/s1. The predicted molar refractivity (Wildman–Crippen MR) is 103 cm³/mol. The van der Waals surface area contributed by atoms with Crippen molar-refractivity contribution in [1.29, 1.82) is 0 Å². The zero-order valence-corrected chi connectivity index (χ0v) is 17.5. The Morgan fingerprint density at radius 1 is 1.27 bits per heavy atom. The molecule has 0 aromatic carbocycles. The second kappa shape index (κ2) is 10.2. The fourth-order valence-electron chi connectivity index (χ4n) is 3.60. The number of amides is 2. The van der Waals surface area contributed by atoms with Crippen molar-refractivity contribution in [1.82, 2.24) is 21.0 Å². The molecule has 0 radical (unpaired) electrons. The molecule has 0 saturated carbocycles. The molecule has 1 aliphatic rings. The average Bonchev–Trinajstić information content (AvgIpc) is 2.85. The molecule has 4 atom stereocenters. The first kappa shape index (κ1) is 22.9. The molecule has 2 amide bonds. The van der Waals surface area contributed by atoms with Crippen LogP contribution in [0.2, 0.25) is 0 Å². The van der Waals surface area contributed by atoms with Gasteiger partial charge in [-0.25, -0.2) is 5.48 Å². The molecule has 152 valence electrons. The van der Waals surface area contributed by atoms with Crippen molar-refractivity contribution >= 4 is 11.8 Å². The van der Waals surface area contributed by atoms with Gasteiger partial charge in [0.15, 0.2) is 6.23 Å². The predicted octanol–water partition coefficient (Wildman–Crippen LogP) is 1.50. The average molecular weight is 371 g/mol. The van der Waals surface area contributed by atoms with E-state index in [9.17, 15) is 9.59 Å². The highest BCUT2D eigenvalue weighted by Crippen LogP contribution is 2.35. The summed E-state index contributed by atoms with van der Waals surface area (Å²) in [6.07, 6.45) is 2.95. The maximum Gasteiger partial charge on any atom is 0.247 e. The zero-order chi connectivity index (χ0) is 19.9. The van der Waals surface area contributed by atoms with Crippen LogP contribution in [0, 0.1) is 17.3 Å². The van der Waals surface area contributed by atoms with E-state index in [4.69, 9.17) is 4.84 Å². The summed E-state index contributed by atoms with van der Waals surface area (Å²) in [6, 6.07) is -0.594. The number of unbranched alkanes of at least 4 members (excludes halogenated alkanes) is 1. The Hall–Kier alpha value is -1.18. The van der Waals surface area contributed by atoms with E-state index in [-0.39, 0.29) is 24.6 Å². The maximum atomic E-state index is 13.4. The lowest BCUT2D eigenvalue weighted by molar-refractivity contribution is -0.158. The van der Waals surface area contributed by atoms with E-state index in [1.54, 1.807) is 19.0 Å². The summed E-state index contributed by atoms with van der Waals surface area (Å²) in [5.74, 6) is 0.396. The third kappa shape index (κ3) is 5.93. The van der Waals surface area contributed by atoms with Gasteiger partial charge in [0, 0.05) is 19.5 Å². The summed E-state index contributed by atoms with van der Waals surface area (Å²) in [5, 5.41) is 5.73. The number of likely N-dealkylation sites (tertiary alicyclic amines) is 1. The molecule has 26 heavy (non-hydrogen) atoms. The molecular weight excluding hydrogens is 332 g/mol. The third-order valence-corrected chi connectivity index (χ3v) is 5.06. The van der Waals surface area contributed by atoms with Gasteiger partial charge in [-0.3, -0.25) is 14.4 Å². The molecule has 1 saturated heterocycles. The summed E-state index contributed by atoms with van der Waals surface area (Å²) in [7, 11) is 3.43. The van der Waals surface area contributed by atoms with Crippen molar-refractivity contribution < 1.29 is 14.4 Å². The van der Waals surface area contributed by atoms with Gasteiger partial charge in [-0.05, 0) is 24.8 Å². The molecule has 0 aliphatic carbocycles. The molecule has 1 fully saturated rings. The molecule has 1 heterocycles. The first-order valence-electron chi connectivity index (χ1n) is 9.74. The van der Waals surface area contributed by atoms with Crippen LogP contribution < -0.4 is 16.1 Å². The summed E-state index contributed by atoms with van der Waals surface area (Å²) >= 11 is 0. The molecule has 0 aromatic heterocycles.